The molecule has 5 heteroatoms. The van der Waals surface area contributed by atoms with E-state index in [1.165, 1.54) is 0 Å². The Balaban J connectivity index is 1.95. The van der Waals surface area contributed by atoms with Crippen LogP contribution in [0.4, 0.5) is 10.5 Å². The normalized spacial score (nSPS) is 11.7. The summed E-state index contributed by atoms with van der Waals surface area (Å²) in [5.74, 6) is 0. The van der Waals surface area contributed by atoms with Gasteiger partial charge in [-0.3, -0.25) is 4.98 Å². The lowest BCUT2D eigenvalue weighted by molar-refractivity contribution is 0.249. The fourth-order valence-corrected chi connectivity index (χ4v) is 2.21. The van der Waals surface area contributed by atoms with Gasteiger partial charge in [-0.1, -0.05) is 6.07 Å². The highest BCUT2D eigenvalue weighted by Crippen LogP contribution is 2.13. The molecular weight excluding hydrogens is 353 g/mol. The number of anilines is 1. The van der Waals surface area contributed by atoms with Gasteiger partial charge in [0.25, 0.3) is 0 Å². The molecule has 4 nitrogen and oxygen atoms in total. The first kappa shape index (κ1) is 13.8. The molecule has 0 spiro atoms. The second-order valence-corrected chi connectivity index (χ2v) is 5.36. The molecule has 0 aliphatic heterocycles. The first-order valence-electron chi connectivity index (χ1n) is 5.88. The Labute approximate surface area is 125 Å². The van der Waals surface area contributed by atoms with Crippen LogP contribution in [0.25, 0.3) is 0 Å². The molecule has 0 radical (unpaired) electrons. The van der Waals surface area contributed by atoms with Crippen LogP contribution in [0.2, 0.25) is 0 Å². The highest BCUT2D eigenvalue weighted by Gasteiger charge is 2.09. The first-order chi connectivity index (χ1) is 9.15. The van der Waals surface area contributed by atoms with Gasteiger partial charge in [0.05, 0.1) is 6.04 Å². The third-order valence-electron chi connectivity index (χ3n) is 2.64. The summed E-state index contributed by atoms with van der Waals surface area (Å²) in [4.78, 5) is 15.8. The predicted octanol–water partition coefficient (Wildman–Crippen LogP) is 3.57. The molecule has 0 bridgehead atoms. The number of urea groups is 1. The average Bonchev–Trinajstić information content (AvgIpc) is 2.39. The van der Waals surface area contributed by atoms with Gasteiger partial charge in [0.15, 0.2) is 0 Å². The molecule has 0 fully saturated rings. The second kappa shape index (κ2) is 6.51. The summed E-state index contributed by atoms with van der Waals surface area (Å²) in [6.45, 7) is 1.93. The van der Waals surface area contributed by atoms with Gasteiger partial charge in [-0.2, -0.15) is 0 Å². The summed E-state index contributed by atoms with van der Waals surface area (Å²) in [5, 5.41) is 5.70. The minimum atomic E-state index is -0.216. The second-order valence-electron chi connectivity index (χ2n) is 4.11. The zero-order valence-corrected chi connectivity index (χ0v) is 12.6. The fraction of sp³-hybridized carbons (Fsp3) is 0.143. The lowest BCUT2D eigenvalue weighted by Crippen LogP contribution is -2.31. The van der Waals surface area contributed by atoms with Crippen molar-refractivity contribution in [2.24, 2.45) is 0 Å². The van der Waals surface area contributed by atoms with E-state index in [0.29, 0.717) is 0 Å². The maximum atomic E-state index is 11.9. The number of aromatic nitrogens is 1. The number of hydrogen-bond acceptors (Lipinski definition) is 2. The molecule has 1 aromatic carbocycles. The number of nitrogens with one attached hydrogen (secondary N) is 2. The van der Waals surface area contributed by atoms with Gasteiger partial charge in [0.1, 0.15) is 0 Å². The molecule has 0 unspecified atom stereocenters. The number of carbonyl (C=O) groups excluding carboxylic acids is 1. The van der Waals surface area contributed by atoms with Crippen molar-refractivity contribution in [2.45, 2.75) is 13.0 Å². The fourth-order valence-electron chi connectivity index (χ4n) is 1.67. The summed E-state index contributed by atoms with van der Waals surface area (Å²) in [6.07, 6.45) is 3.43. The molecule has 19 heavy (non-hydrogen) atoms. The van der Waals surface area contributed by atoms with Crippen molar-refractivity contribution >= 4 is 34.3 Å². The van der Waals surface area contributed by atoms with E-state index in [4.69, 9.17) is 0 Å². The van der Waals surface area contributed by atoms with Crippen molar-refractivity contribution < 1.29 is 4.79 Å². The number of benzene rings is 1. The highest BCUT2D eigenvalue weighted by molar-refractivity contribution is 14.1. The van der Waals surface area contributed by atoms with E-state index in [2.05, 4.69) is 38.2 Å². The van der Waals surface area contributed by atoms with Gasteiger partial charge in [0.2, 0.25) is 0 Å². The molecule has 1 heterocycles. The van der Waals surface area contributed by atoms with E-state index >= 15 is 0 Å². The number of halogens is 1. The molecule has 2 N–H and O–H groups in total. The van der Waals surface area contributed by atoms with Crippen LogP contribution in [-0.4, -0.2) is 11.0 Å². The van der Waals surface area contributed by atoms with Crippen LogP contribution in [0.15, 0.2) is 48.8 Å². The monoisotopic (exact) mass is 367 g/mol. The topological polar surface area (TPSA) is 54.0 Å². The molecular formula is C14H14IN3O. The summed E-state index contributed by atoms with van der Waals surface area (Å²) < 4.78 is 1.08. The van der Waals surface area contributed by atoms with Crippen molar-refractivity contribution in [1.82, 2.24) is 10.3 Å². The van der Waals surface area contributed by atoms with Crippen LogP contribution in [0.3, 0.4) is 0 Å². The van der Waals surface area contributed by atoms with Crippen molar-refractivity contribution in [1.29, 1.82) is 0 Å². The Hall–Kier alpha value is -1.63. The molecule has 0 saturated carbocycles. The summed E-state index contributed by atoms with van der Waals surface area (Å²) >= 11 is 2.21. The van der Waals surface area contributed by atoms with Crippen molar-refractivity contribution in [3.8, 4) is 0 Å². The lowest BCUT2D eigenvalue weighted by Gasteiger charge is -2.14. The van der Waals surface area contributed by atoms with Crippen molar-refractivity contribution in [3.63, 3.8) is 0 Å². The molecule has 98 valence electrons. The van der Waals surface area contributed by atoms with E-state index in [9.17, 15) is 4.79 Å². The maximum Gasteiger partial charge on any atom is 0.319 e. The van der Waals surface area contributed by atoms with Gasteiger partial charge < -0.3 is 10.6 Å². The third-order valence-corrected chi connectivity index (χ3v) is 3.31. The largest absolute Gasteiger partial charge is 0.331 e. The van der Waals surface area contributed by atoms with Crippen LogP contribution in [0, 0.1) is 3.57 Å². The van der Waals surface area contributed by atoms with Crippen LogP contribution in [-0.2, 0) is 0 Å². The summed E-state index contributed by atoms with van der Waals surface area (Å²) in [5.41, 5.74) is 1.80. The molecule has 0 saturated heterocycles. The van der Waals surface area contributed by atoms with E-state index in [-0.39, 0.29) is 12.1 Å². The number of rotatable bonds is 3. The zero-order valence-electron chi connectivity index (χ0n) is 10.4. The summed E-state index contributed by atoms with van der Waals surface area (Å²) in [7, 11) is 0. The minimum Gasteiger partial charge on any atom is -0.331 e. The van der Waals surface area contributed by atoms with E-state index in [0.717, 1.165) is 14.8 Å². The number of amides is 2. The SMILES string of the molecule is C[C@@H](NC(=O)Nc1cccc(I)c1)c1ccncc1. The average molecular weight is 367 g/mol. The van der Waals surface area contributed by atoms with Crippen LogP contribution in [0.1, 0.15) is 18.5 Å². The van der Waals surface area contributed by atoms with Crippen LogP contribution < -0.4 is 10.6 Å². The quantitative estimate of drug-likeness (QED) is 0.815. The van der Waals surface area contributed by atoms with Gasteiger partial charge in [-0.05, 0) is 65.4 Å². The molecule has 1 aromatic heterocycles. The minimum absolute atomic E-state index is 0.0641. The Kier molecular flexibility index (Phi) is 4.73. The third kappa shape index (κ3) is 4.20. The lowest BCUT2D eigenvalue weighted by atomic mass is 10.1. The summed E-state index contributed by atoms with van der Waals surface area (Å²) in [6, 6.07) is 11.1. The molecule has 0 aliphatic rings. The maximum absolute atomic E-state index is 11.9. The Morgan fingerprint density at radius 2 is 2.00 bits per heavy atom. The number of pyridine rings is 1. The van der Waals surface area contributed by atoms with E-state index < -0.39 is 0 Å². The highest BCUT2D eigenvalue weighted by atomic mass is 127. The standard InChI is InChI=1S/C14H14IN3O/c1-10(11-5-7-16-8-6-11)17-14(19)18-13-4-2-3-12(15)9-13/h2-10H,1H3,(H2,17,18,19)/t10-/m1/s1. The molecule has 2 rings (SSSR count). The van der Waals surface area contributed by atoms with E-state index in [1.54, 1.807) is 12.4 Å². The number of nitrogens with zero attached hydrogens (tertiary/aromatic N) is 1. The van der Waals surface area contributed by atoms with E-state index in [1.807, 2.05) is 43.3 Å². The first-order valence-corrected chi connectivity index (χ1v) is 6.96. The predicted molar refractivity (Wildman–Crippen MR) is 84.0 cm³/mol. The molecule has 1 atom stereocenters. The smallest absolute Gasteiger partial charge is 0.319 e. The van der Waals surface area contributed by atoms with Crippen LogP contribution >= 0.6 is 22.6 Å². The zero-order chi connectivity index (χ0) is 13.7. The molecule has 0 aliphatic carbocycles. The number of carbonyl (C=O) groups is 1. The Bertz CT molecular complexity index is 560. The Morgan fingerprint density at radius 3 is 2.68 bits per heavy atom. The molecule has 2 aromatic rings. The van der Waals surface area contributed by atoms with Crippen molar-refractivity contribution in [2.75, 3.05) is 5.32 Å². The number of hydrogen-bond donors (Lipinski definition) is 2. The van der Waals surface area contributed by atoms with Gasteiger partial charge in [-0.15, -0.1) is 0 Å². The van der Waals surface area contributed by atoms with Gasteiger partial charge in [0, 0.05) is 21.7 Å². The molecule has 2 amide bonds. The van der Waals surface area contributed by atoms with Crippen LogP contribution in [0.5, 0.6) is 0 Å². The van der Waals surface area contributed by atoms with Gasteiger partial charge >= 0.3 is 6.03 Å². The van der Waals surface area contributed by atoms with Crippen molar-refractivity contribution in [3.05, 3.63) is 57.9 Å². The Morgan fingerprint density at radius 1 is 1.26 bits per heavy atom. The van der Waals surface area contributed by atoms with Gasteiger partial charge in [-0.25, -0.2) is 4.79 Å².